The zero-order valence-corrected chi connectivity index (χ0v) is 20.0. The molecule has 1 fully saturated rings. The highest BCUT2D eigenvalue weighted by Crippen LogP contribution is 2.43. The van der Waals surface area contributed by atoms with E-state index in [0.29, 0.717) is 23.4 Å². The van der Waals surface area contributed by atoms with Crippen LogP contribution in [0.15, 0.2) is 66.7 Å². The van der Waals surface area contributed by atoms with Crippen LogP contribution in [-0.4, -0.2) is 46.8 Å². The lowest BCUT2D eigenvalue weighted by Gasteiger charge is -2.48. The number of anilines is 1. The van der Waals surface area contributed by atoms with Gasteiger partial charge in [-0.25, -0.2) is 0 Å². The van der Waals surface area contributed by atoms with Crippen molar-refractivity contribution in [2.45, 2.75) is 38.5 Å². The van der Waals surface area contributed by atoms with E-state index in [2.05, 4.69) is 10.9 Å². The van der Waals surface area contributed by atoms with E-state index in [1.54, 1.807) is 49.1 Å². The molecule has 2 aliphatic heterocycles. The predicted molar refractivity (Wildman–Crippen MR) is 133 cm³/mol. The third-order valence-electron chi connectivity index (χ3n) is 6.78. The van der Waals surface area contributed by atoms with Crippen molar-refractivity contribution in [3.63, 3.8) is 0 Å². The Morgan fingerprint density at radius 2 is 1.72 bits per heavy atom. The summed E-state index contributed by atoms with van der Waals surface area (Å²) >= 11 is 0. The molecule has 3 aromatic rings. The van der Waals surface area contributed by atoms with Gasteiger partial charge < -0.3 is 9.64 Å². The van der Waals surface area contributed by atoms with E-state index in [1.165, 1.54) is 4.90 Å². The van der Waals surface area contributed by atoms with Gasteiger partial charge in [0.25, 0.3) is 17.7 Å². The topological polar surface area (TPSA) is 108 Å². The summed E-state index contributed by atoms with van der Waals surface area (Å²) in [7, 11) is 0. The molecule has 9 nitrogen and oxygen atoms in total. The smallest absolute Gasteiger partial charge is 0.279 e. The molecule has 2 aliphatic rings. The average Bonchev–Trinajstić information content (AvgIpc) is 3.20. The molecular formula is C27H26N4O5. The van der Waals surface area contributed by atoms with E-state index >= 15 is 0 Å². The Kier molecular flexibility index (Phi) is 5.83. The lowest BCUT2D eigenvalue weighted by Crippen LogP contribution is -2.64. The van der Waals surface area contributed by atoms with Crippen molar-refractivity contribution >= 4 is 40.1 Å². The summed E-state index contributed by atoms with van der Waals surface area (Å²) in [6, 6.07) is 20.2. The molecule has 0 bridgehead atoms. The third-order valence-corrected chi connectivity index (χ3v) is 6.78. The molecule has 9 heteroatoms. The van der Waals surface area contributed by atoms with Crippen molar-refractivity contribution < 1.29 is 23.9 Å². The number of rotatable bonds is 5. The van der Waals surface area contributed by atoms with Crippen molar-refractivity contribution in [2.24, 2.45) is 0 Å². The minimum atomic E-state index is -0.962. The largest absolute Gasteiger partial charge is 0.481 e. The van der Waals surface area contributed by atoms with Gasteiger partial charge in [-0.05, 0) is 55.3 Å². The van der Waals surface area contributed by atoms with Crippen LogP contribution in [0, 0.1) is 0 Å². The first-order valence-electron chi connectivity index (χ1n) is 11.8. The first-order chi connectivity index (χ1) is 17.3. The van der Waals surface area contributed by atoms with Gasteiger partial charge in [-0.15, -0.1) is 0 Å². The standard InChI is InChI=1S/C27H26N4O5/c1-17(36-20-12-11-18-7-3-4-8-19(18)15-20)25(34)29-28-23(32)16-30-26(35)21-9-5-6-10-22(21)31-24(33)13-14-27(30,31)2/h3-12,15,17H,13-14,16H2,1-2H3,(H,28,32)(H,29,34). The van der Waals surface area contributed by atoms with Gasteiger partial charge in [-0.3, -0.25) is 34.9 Å². The minimum absolute atomic E-state index is 0.101. The summed E-state index contributed by atoms with van der Waals surface area (Å²) in [5, 5.41) is 2.04. The lowest BCUT2D eigenvalue weighted by molar-refractivity contribution is -0.133. The summed E-state index contributed by atoms with van der Waals surface area (Å²) in [6.07, 6.45) is -0.200. The highest BCUT2D eigenvalue weighted by Gasteiger charge is 2.53. The minimum Gasteiger partial charge on any atom is -0.481 e. The maximum atomic E-state index is 13.3. The van der Waals surface area contributed by atoms with Crippen LogP contribution in [0.1, 0.15) is 37.0 Å². The molecule has 3 aromatic carbocycles. The number of ether oxygens (including phenoxy) is 1. The Hall–Kier alpha value is -4.40. The predicted octanol–water partition coefficient (Wildman–Crippen LogP) is 2.75. The second-order valence-corrected chi connectivity index (χ2v) is 9.16. The van der Waals surface area contributed by atoms with Crippen molar-refractivity contribution in [3.05, 3.63) is 72.3 Å². The zero-order valence-electron chi connectivity index (χ0n) is 20.0. The van der Waals surface area contributed by atoms with E-state index in [0.717, 1.165) is 10.8 Å². The number of nitrogens with zero attached hydrogens (tertiary/aromatic N) is 2. The number of fused-ring (bicyclic) bond motifs is 4. The van der Waals surface area contributed by atoms with E-state index < -0.39 is 23.6 Å². The summed E-state index contributed by atoms with van der Waals surface area (Å²) in [5.74, 6) is -1.05. The quantitative estimate of drug-likeness (QED) is 0.539. The Bertz CT molecular complexity index is 1390. The second kappa shape index (κ2) is 8.99. The molecule has 5 rings (SSSR count). The normalized spacial score (nSPS) is 19.5. The van der Waals surface area contributed by atoms with Gasteiger partial charge in [-0.1, -0.05) is 42.5 Å². The number of para-hydroxylation sites is 1. The summed E-state index contributed by atoms with van der Waals surface area (Å²) < 4.78 is 5.74. The number of benzene rings is 3. The van der Waals surface area contributed by atoms with Crippen LogP contribution in [0.3, 0.4) is 0 Å². The van der Waals surface area contributed by atoms with E-state index in [1.807, 2.05) is 36.4 Å². The Morgan fingerprint density at radius 1 is 1.00 bits per heavy atom. The first-order valence-corrected chi connectivity index (χ1v) is 11.8. The SMILES string of the molecule is CC(Oc1ccc2ccccc2c1)C(=O)NNC(=O)CN1C(=O)c2ccccc2N2C(=O)CCC12C. The van der Waals surface area contributed by atoms with Crippen LogP contribution in [0.25, 0.3) is 10.8 Å². The molecule has 1 saturated heterocycles. The third kappa shape index (κ3) is 4.02. The van der Waals surface area contributed by atoms with Gasteiger partial charge in [0.2, 0.25) is 5.91 Å². The molecule has 0 aliphatic carbocycles. The van der Waals surface area contributed by atoms with E-state index in [4.69, 9.17) is 4.74 Å². The second-order valence-electron chi connectivity index (χ2n) is 9.16. The maximum Gasteiger partial charge on any atom is 0.279 e. The number of hydrogen-bond acceptors (Lipinski definition) is 5. The van der Waals surface area contributed by atoms with Crippen molar-refractivity contribution in [1.82, 2.24) is 15.8 Å². The zero-order chi connectivity index (χ0) is 25.4. The number of carbonyl (C=O) groups excluding carboxylic acids is 4. The van der Waals surface area contributed by atoms with Crippen LogP contribution in [-0.2, 0) is 14.4 Å². The first kappa shape index (κ1) is 23.3. The Labute approximate surface area is 208 Å². The van der Waals surface area contributed by atoms with Gasteiger partial charge in [0, 0.05) is 6.42 Å². The van der Waals surface area contributed by atoms with Crippen LogP contribution >= 0.6 is 0 Å². The van der Waals surface area contributed by atoms with Crippen LogP contribution in [0.5, 0.6) is 5.75 Å². The molecule has 184 valence electrons. The van der Waals surface area contributed by atoms with Gasteiger partial charge in [-0.2, -0.15) is 0 Å². The van der Waals surface area contributed by atoms with Gasteiger partial charge in [0.1, 0.15) is 18.0 Å². The summed E-state index contributed by atoms with van der Waals surface area (Å²) in [5.41, 5.74) is 4.68. The molecule has 0 radical (unpaired) electrons. The molecule has 0 saturated carbocycles. The van der Waals surface area contributed by atoms with Crippen molar-refractivity contribution in [1.29, 1.82) is 0 Å². The number of hydrazine groups is 1. The van der Waals surface area contributed by atoms with Crippen LogP contribution in [0.2, 0.25) is 0 Å². The van der Waals surface area contributed by atoms with Crippen molar-refractivity contribution in [2.75, 3.05) is 11.4 Å². The fourth-order valence-electron chi connectivity index (χ4n) is 4.86. The fourth-order valence-corrected chi connectivity index (χ4v) is 4.86. The maximum absolute atomic E-state index is 13.3. The van der Waals surface area contributed by atoms with Crippen molar-refractivity contribution in [3.8, 4) is 5.75 Å². The average molecular weight is 487 g/mol. The number of amides is 4. The summed E-state index contributed by atoms with van der Waals surface area (Å²) in [4.78, 5) is 54.2. The Balaban J connectivity index is 1.22. The molecule has 36 heavy (non-hydrogen) atoms. The van der Waals surface area contributed by atoms with E-state index in [-0.39, 0.29) is 24.8 Å². The molecule has 2 atom stereocenters. The highest BCUT2D eigenvalue weighted by molar-refractivity contribution is 6.11. The number of nitrogens with one attached hydrogen (secondary N) is 2. The van der Waals surface area contributed by atoms with Gasteiger partial charge in [0.15, 0.2) is 6.10 Å². The molecule has 2 unspecified atom stereocenters. The molecule has 4 amide bonds. The molecule has 0 spiro atoms. The molecule has 2 heterocycles. The van der Waals surface area contributed by atoms with Crippen LogP contribution < -0.4 is 20.5 Å². The monoisotopic (exact) mass is 486 g/mol. The fraction of sp³-hybridized carbons (Fsp3) is 0.259. The van der Waals surface area contributed by atoms with E-state index in [9.17, 15) is 19.2 Å². The van der Waals surface area contributed by atoms with Gasteiger partial charge in [0.05, 0.1) is 11.3 Å². The molecule has 2 N–H and O–H groups in total. The number of carbonyl (C=O) groups is 4. The lowest BCUT2D eigenvalue weighted by atomic mass is 9.98. The highest BCUT2D eigenvalue weighted by atomic mass is 16.5. The molecular weight excluding hydrogens is 460 g/mol. The summed E-state index contributed by atoms with van der Waals surface area (Å²) in [6.45, 7) is 3.02. The number of hydrogen-bond donors (Lipinski definition) is 2. The van der Waals surface area contributed by atoms with Crippen LogP contribution in [0.4, 0.5) is 5.69 Å². The molecule has 0 aromatic heterocycles. The van der Waals surface area contributed by atoms with Gasteiger partial charge >= 0.3 is 0 Å². The Morgan fingerprint density at radius 3 is 2.53 bits per heavy atom.